The standard InChI is InChI=1S/C15H32N2O/c1-6-11-17(12-7-2)13(8-3)15(9-4,10-5)14(16)18/h13H,6-12H2,1-5H3,(H2,16,18). The van der Waals surface area contributed by atoms with Crippen LogP contribution < -0.4 is 5.73 Å². The van der Waals surface area contributed by atoms with E-state index in [0.717, 1.165) is 45.2 Å². The smallest absolute Gasteiger partial charge is 0.225 e. The molecule has 0 saturated carbocycles. The third kappa shape index (κ3) is 3.71. The van der Waals surface area contributed by atoms with Gasteiger partial charge in [-0.15, -0.1) is 0 Å². The minimum Gasteiger partial charge on any atom is -0.369 e. The highest BCUT2D eigenvalue weighted by atomic mass is 16.1. The predicted molar refractivity (Wildman–Crippen MR) is 78.4 cm³/mol. The van der Waals surface area contributed by atoms with E-state index in [1.807, 2.05) is 0 Å². The zero-order chi connectivity index (χ0) is 14.2. The SMILES string of the molecule is CCCN(CCC)C(CC)C(CC)(CC)C(N)=O. The molecule has 0 aromatic rings. The van der Waals surface area contributed by atoms with Crippen LogP contribution in [0.15, 0.2) is 0 Å². The minimum absolute atomic E-state index is 0.128. The number of amides is 1. The van der Waals surface area contributed by atoms with E-state index in [2.05, 4.69) is 39.5 Å². The average Bonchev–Trinajstić information content (AvgIpc) is 2.35. The lowest BCUT2D eigenvalue weighted by molar-refractivity contribution is -0.133. The van der Waals surface area contributed by atoms with Gasteiger partial charge >= 0.3 is 0 Å². The maximum atomic E-state index is 12.0. The molecule has 0 aliphatic carbocycles. The van der Waals surface area contributed by atoms with Gasteiger partial charge in [0.1, 0.15) is 0 Å². The fourth-order valence-corrected chi connectivity index (χ4v) is 3.23. The van der Waals surface area contributed by atoms with Crippen molar-refractivity contribution in [1.82, 2.24) is 4.90 Å². The van der Waals surface area contributed by atoms with Gasteiger partial charge in [0.15, 0.2) is 0 Å². The summed E-state index contributed by atoms with van der Waals surface area (Å²) in [5.41, 5.74) is 5.37. The largest absolute Gasteiger partial charge is 0.369 e. The molecule has 0 radical (unpaired) electrons. The van der Waals surface area contributed by atoms with Crippen LogP contribution in [0.2, 0.25) is 0 Å². The second kappa shape index (κ2) is 8.52. The predicted octanol–water partition coefficient (Wildman–Crippen LogP) is 3.18. The Bertz CT molecular complexity index is 231. The average molecular weight is 256 g/mol. The summed E-state index contributed by atoms with van der Waals surface area (Å²) in [4.78, 5) is 14.5. The van der Waals surface area contributed by atoms with Crippen molar-refractivity contribution < 1.29 is 4.79 Å². The van der Waals surface area contributed by atoms with Crippen molar-refractivity contribution in [2.24, 2.45) is 11.1 Å². The van der Waals surface area contributed by atoms with Gasteiger partial charge in [0.05, 0.1) is 5.41 Å². The Balaban J connectivity index is 5.24. The van der Waals surface area contributed by atoms with Gasteiger partial charge in [-0.05, 0) is 45.2 Å². The van der Waals surface area contributed by atoms with Crippen molar-refractivity contribution in [3.63, 3.8) is 0 Å². The van der Waals surface area contributed by atoms with Crippen LogP contribution in [-0.2, 0) is 4.79 Å². The molecule has 3 nitrogen and oxygen atoms in total. The van der Waals surface area contributed by atoms with E-state index in [4.69, 9.17) is 5.73 Å². The third-order valence-corrected chi connectivity index (χ3v) is 4.24. The summed E-state index contributed by atoms with van der Waals surface area (Å²) in [7, 11) is 0. The monoisotopic (exact) mass is 256 g/mol. The number of carbonyl (C=O) groups excluding carboxylic acids is 1. The first-order valence-corrected chi connectivity index (χ1v) is 7.57. The topological polar surface area (TPSA) is 46.3 Å². The maximum absolute atomic E-state index is 12.0. The number of hydrogen-bond donors (Lipinski definition) is 1. The van der Waals surface area contributed by atoms with Gasteiger partial charge < -0.3 is 5.73 Å². The molecular weight excluding hydrogens is 224 g/mol. The fraction of sp³-hybridized carbons (Fsp3) is 0.933. The molecule has 1 unspecified atom stereocenters. The van der Waals surface area contributed by atoms with Crippen molar-refractivity contribution >= 4 is 5.91 Å². The van der Waals surface area contributed by atoms with Crippen molar-refractivity contribution in [3.8, 4) is 0 Å². The van der Waals surface area contributed by atoms with Gasteiger partial charge in [-0.2, -0.15) is 0 Å². The Morgan fingerprint density at radius 1 is 1.06 bits per heavy atom. The highest BCUT2D eigenvalue weighted by Crippen LogP contribution is 2.35. The number of nitrogens with two attached hydrogens (primary N) is 1. The normalized spacial score (nSPS) is 13.9. The summed E-state index contributed by atoms with van der Waals surface area (Å²) in [5.74, 6) is -0.128. The second-order valence-corrected chi connectivity index (χ2v) is 5.19. The summed E-state index contributed by atoms with van der Waals surface area (Å²) < 4.78 is 0. The number of primary amides is 1. The van der Waals surface area contributed by atoms with Gasteiger partial charge in [-0.25, -0.2) is 0 Å². The second-order valence-electron chi connectivity index (χ2n) is 5.19. The van der Waals surface area contributed by atoms with Crippen LogP contribution in [-0.4, -0.2) is 29.9 Å². The van der Waals surface area contributed by atoms with Gasteiger partial charge in [-0.1, -0.05) is 34.6 Å². The Labute approximate surface area is 113 Å². The zero-order valence-corrected chi connectivity index (χ0v) is 13.0. The number of carbonyl (C=O) groups is 1. The van der Waals surface area contributed by atoms with Gasteiger partial charge in [0.25, 0.3) is 0 Å². The molecule has 0 rings (SSSR count). The minimum atomic E-state index is -0.362. The van der Waals surface area contributed by atoms with E-state index in [1.165, 1.54) is 0 Å². The molecule has 0 spiro atoms. The molecule has 0 aromatic heterocycles. The Morgan fingerprint density at radius 2 is 1.50 bits per heavy atom. The molecule has 0 heterocycles. The molecule has 0 aliphatic heterocycles. The molecular formula is C15H32N2O. The number of rotatable bonds is 10. The van der Waals surface area contributed by atoms with Gasteiger partial charge in [0, 0.05) is 6.04 Å². The highest BCUT2D eigenvalue weighted by Gasteiger charge is 2.42. The van der Waals surface area contributed by atoms with Crippen LogP contribution in [0.3, 0.4) is 0 Å². The summed E-state index contributed by atoms with van der Waals surface area (Å²) in [6.45, 7) is 12.9. The molecule has 108 valence electrons. The summed E-state index contributed by atoms with van der Waals surface area (Å²) in [5, 5.41) is 0. The molecule has 0 bridgehead atoms. The number of nitrogens with zero attached hydrogens (tertiary/aromatic N) is 1. The van der Waals surface area contributed by atoms with E-state index < -0.39 is 0 Å². The summed E-state index contributed by atoms with van der Waals surface area (Å²) in [6.07, 6.45) is 4.91. The molecule has 3 heteroatoms. The van der Waals surface area contributed by atoms with E-state index >= 15 is 0 Å². The van der Waals surface area contributed by atoms with Crippen molar-refractivity contribution in [2.45, 2.75) is 72.8 Å². The number of hydrogen-bond acceptors (Lipinski definition) is 2. The molecule has 0 saturated heterocycles. The molecule has 1 atom stereocenters. The Kier molecular flexibility index (Phi) is 8.25. The van der Waals surface area contributed by atoms with E-state index in [1.54, 1.807) is 0 Å². The van der Waals surface area contributed by atoms with E-state index in [9.17, 15) is 4.79 Å². The van der Waals surface area contributed by atoms with E-state index in [-0.39, 0.29) is 17.4 Å². The summed E-state index contributed by atoms with van der Waals surface area (Å²) in [6, 6.07) is 0.282. The first-order valence-electron chi connectivity index (χ1n) is 7.57. The van der Waals surface area contributed by atoms with Crippen molar-refractivity contribution in [2.75, 3.05) is 13.1 Å². The lowest BCUT2D eigenvalue weighted by Gasteiger charge is -2.43. The van der Waals surface area contributed by atoms with Crippen LogP contribution in [0.25, 0.3) is 0 Å². The maximum Gasteiger partial charge on any atom is 0.225 e. The summed E-state index contributed by atoms with van der Waals surface area (Å²) >= 11 is 0. The van der Waals surface area contributed by atoms with Crippen molar-refractivity contribution in [3.05, 3.63) is 0 Å². The van der Waals surface area contributed by atoms with Crippen LogP contribution in [0.1, 0.15) is 66.7 Å². The molecule has 1 amide bonds. The van der Waals surface area contributed by atoms with Gasteiger partial charge in [-0.3, -0.25) is 9.69 Å². The molecule has 0 fully saturated rings. The quantitative estimate of drug-likeness (QED) is 0.652. The molecule has 18 heavy (non-hydrogen) atoms. The lowest BCUT2D eigenvalue weighted by Crippen LogP contribution is -2.54. The fourth-order valence-electron chi connectivity index (χ4n) is 3.23. The van der Waals surface area contributed by atoms with Crippen LogP contribution in [0, 0.1) is 5.41 Å². The van der Waals surface area contributed by atoms with Crippen molar-refractivity contribution in [1.29, 1.82) is 0 Å². The Hall–Kier alpha value is -0.570. The zero-order valence-electron chi connectivity index (χ0n) is 13.0. The third-order valence-electron chi connectivity index (χ3n) is 4.24. The molecule has 0 aliphatic rings. The highest BCUT2D eigenvalue weighted by molar-refractivity contribution is 5.81. The molecule has 0 aromatic carbocycles. The first-order chi connectivity index (χ1) is 8.53. The van der Waals surface area contributed by atoms with Crippen LogP contribution in [0.5, 0.6) is 0 Å². The lowest BCUT2D eigenvalue weighted by atomic mass is 9.72. The van der Waals surface area contributed by atoms with Gasteiger partial charge in [0.2, 0.25) is 5.91 Å². The first kappa shape index (κ1) is 17.4. The van der Waals surface area contributed by atoms with E-state index in [0.29, 0.717) is 0 Å². The Morgan fingerprint density at radius 3 is 1.72 bits per heavy atom. The van der Waals surface area contributed by atoms with Crippen LogP contribution >= 0.6 is 0 Å². The molecule has 2 N–H and O–H groups in total. The van der Waals surface area contributed by atoms with Crippen LogP contribution in [0.4, 0.5) is 0 Å².